The Kier molecular flexibility index (Phi) is 3.31. The third-order valence-electron chi connectivity index (χ3n) is 5.11. The standard InChI is InChI=1S/C15H24O5/c16-14(5-1-2-6-14)17-10-11-9-12-13(18-11)20-15(19-12)7-3-4-8-15/h11-13,16H,1-10H2/t11-,12-,13-/m0/s1. The van der Waals surface area contributed by atoms with Crippen LogP contribution in [0.3, 0.4) is 0 Å². The fraction of sp³-hybridized carbons (Fsp3) is 1.00. The van der Waals surface area contributed by atoms with Gasteiger partial charge in [0.2, 0.25) is 0 Å². The summed E-state index contributed by atoms with van der Waals surface area (Å²) in [6.45, 7) is 0.434. The largest absolute Gasteiger partial charge is 0.365 e. The van der Waals surface area contributed by atoms with Gasteiger partial charge in [-0.15, -0.1) is 0 Å². The summed E-state index contributed by atoms with van der Waals surface area (Å²) in [6.07, 6.45) is 8.50. The van der Waals surface area contributed by atoms with Gasteiger partial charge in [0.15, 0.2) is 17.9 Å². The van der Waals surface area contributed by atoms with Crippen LogP contribution >= 0.6 is 0 Å². The Morgan fingerprint density at radius 1 is 1.00 bits per heavy atom. The Balaban J connectivity index is 1.28. The monoisotopic (exact) mass is 284 g/mol. The Hall–Kier alpha value is -0.200. The summed E-state index contributed by atoms with van der Waals surface area (Å²) in [5.41, 5.74) is 0. The molecule has 5 heteroatoms. The lowest BCUT2D eigenvalue weighted by atomic mass is 10.2. The molecule has 5 nitrogen and oxygen atoms in total. The van der Waals surface area contributed by atoms with Crippen molar-refractivity contribution in [2.45, 2.75) is 87.9 Å². The van der Waals surface area contributed by atoms with Gasteiger partial charge < -0.3 is 24.1 Å². The van der Waals surface area contributed by atoms with Crippen molar-refractivity contribution in [2.24, 2.45) is 0 Å². The molecule has 0 unspecified atom stereocenters. The van der Waals surface area contributed by atoms with Crippen molar-refractivity contribution in [1.29, 1.82) is 0 Å². The van der Waals surface area contributed by atoms with Gasteiger partial charge in [-0.3, -0.25) is 0 Å². The average Bonchev–Trinajstić information content (AvgIpc) is 3.14. The van der Waals surface area contributed by atoms with E-state index >= 15 is 0 Å². The summed E-state index contributed by atoms with van der Waals surface area (Å²) in [5.74, 6) is -1.28. The van der Waals surface area contributed by atoms with Gasteiger partial charge in [0.05, 0.1) is 12.7 Å². The van der Waals surface area contributed by atoms with Crippen LogP contribution in [-0.4, -0.2) is 41.8 Å². The van der Waals surface area contributed by atoms with E-state index in [9.17, 15) is 5.11 Å². The predicted octanol–water partition coefficient (Wildman–Crippen LogP) is 2.07. The number of hydrogen-bond donors (Lipinski definition) is 1. The van der Waals surface area contributed by atoms with Gasteiger partial charge in [0, 0.05) is 32.1 Å². The van der Waals surface area contributed by atoms with Crippen molar-refractivity contribution in [3.63, 3.8) is 0 Å². The molecular formula is C15H24O5. The Labute approximate surface area is 119 Å². The lowest BCUT2D eigenvalue weighted by Gasteiger charge is -2.26. The van der Waals surface area contributed by atoms with Crippen LogP contribution in [-0.2, 0) is 18.9 Å². The zero-order valence-electron chi connectivity index (χ0n) is 11.9. The van der Waals surface area contributed by atoms with E-state index in [2.05, 4.69) is 0 Å². The van der Waals surface area contributed by atoms with Crippen LogP contribution in [0.25, 0.3) is 0 Å². The maximum absolute atomic E-state index is 10.2. The van der Waals surface area contributed by atoms with Crippen molar-refractivity contribution in [2.75, 3.05) is 6.61 Å². The van der Waals surface area contributed by atoms with Gasteiger partial charge >= 0.3 is 0 Å². The first-order valence-electron chi connectivity index (χ1n) is 8.04. The molecule has 3 atom stereocenters. The molecule has 1 spiro atoms. The first kappa shape index (κ1) is 13.5. The summed E-state index contributed by atoms with van der Waals surface area (Å²) >= 11 is 0. The SMILES string of the molecule is OC1(OC[C@@H]2C[C@@H]3OC4(CCCC4)O[C@@H]3O2)CCCC1. The highest BCUT2D eigenvalue weighted by atomic mass is 16.8. The number of fused-ring (bicyclic) bond motifs is 1. The van der Waals surface area contributed by atoms with Gasteiger partial charge in [-0.2, -0.15) is 0 Å². The summed E-state index contributed by atoms with van der Waals surface area (Å²) in [6, 6.07) is 0. The van der Waals surface area contributed by atoms with Crippen LogP contribution < -0.4 is 0 Å². The molecule has 0 aromatic rings. The van der Waals surface area contributed by atoms with Gasteiger partial charge in [-0.25, -0.2) is 0 Å². The average molecular weight is 284 g/mol. The molecule has 2 heterocycles. The highest BCUT2D eigenvalue weighted by molar-refractivity contribution is 4.91. The van der Waals surface area contributed by atoms with E-state index in [0.717, 1.165) is 44.9 Å². The van der Waals surface area contributed by atoms with Crippen LogP contribution in [0.4, 0.5) is 0 Å². The molecule has 1 N–H and O–H groups in total. The molecule has 20 heavy (non-hydrogen) atoms. The number of rotatable bonds is 3. The lowest BCUT2D eigenvalue weighted by molar-refractivity contribution is -0.244. The second-order valence-electron chi connectivity index (χ2n) is 6.72. The molecular weight excluding hydrogens is 260 g/mol. The van der Waals surface area contributed by atoms with Gasteiger partial charge in [0.1, 0.15) is 6.10 Å². The van der Waals surface area contributed by atoms with Crippen LogP contribution in [0.2, 0.25) is 0 Å². The minimum atomic E-state index is -0.921. The smallest absolute Gasteiger partial charge is 0.187 e. The molecule has 0 bridgehead atoms. The van der Waals surface area contributed by atoms with Crippen molar-refractivity contribution in [3.05, 3.63) is 0 Å². The minimum absolute atomic E-state index is 0.0200. The summed E-state index contributed by atoms with van der Waals surface area (Å²) in [5, 5.41) is 10.2. The molecule has 0 aromatic carbocycles. The zero-order chi connectivity index (χ0) is 13.6. The van der Waals surface area contributed by atoms with E-state index in [4.69, 9.17) is 18.9 Å². The molecule has 114 valence electrons. The maximum Gasteiger partial charge on any atom is 0.187 e. The molecule has 0 radical (unpaired) electrons. The fourth-order valence-corrected chi connectivity index (χ4v) is 4.00. The van der Waals surface area contributed by atoms with E-state index in [1.54, 1.807) is 0 Å². The zero-order valence-corrected chi connectivity index (χ0v) is 11.9. The highest BCUT2D eigenvalue weighted by Gasteiger charge is 2.54. The Bertz CT molecular complexity index is 343. The van der Waals surface area contributed by atoms with Crippen molar-refractivity contribution < 1.29 is 24.1 Å². The first-order chi connectivity index (χ1) is 9.67. The van der Waals surface area contributed by atoms with Crippen LogP contribution in [0.5, 0.6) is 0 Å². The lowest BCUT2D eigenvalue weighted by Crippen LogP contribution is -2.34. The second-order valence-corrected chi connectivity index (χ2v) is 6.72. The molecule has 0 amide bonds. The third-order valence-corrected chi connectivity index (χ3v) is 5.11. The number of hydrogen-bond acceptors (Lipinski definition) is 5. The summed E-state index contributed by atoms with van der Waals surface area (Å²) in [4.78, 5) is 0. The van der Waals surface area contributed by atoms with Crippen LogP contribution in [0.1, 0.15) is 57.8 Å². The van der Waals surface area contributed by atoms with E-state index in [0.29, 0.717) is 6.61 Å². The van der Waals surface area contributed by atoms with E-state index in [1.807, 2.05) is 0 Å². The van der Waals surface area contributed by atoms with Crippen molar-refractivity contribution in [1.82, 2.24) is 0 Å². The highest BCUT2D eigenvalue weighted by Crippen LogP contribution is 2.46. The number of aliphatic hydroxyl groups is 1. The fourth-order valence-electron chi connectivity index (χ4n) is 4.00. The van der Waals surface area contributed by atoms with Gasteiger partial charge in [0.25, 0.3) is 0 Å². The van der Waals surface area contributed by atoms with E-state index in [-0.39, 0.29) is 24.3 Å². The molecule has 4 fully saturated rings. The molecule has 0 aromatic heterocycles. The van der Waals surface area contributed by atoms with E-state index < -0.39 is 5.79 Å². The Morgan fingerprint density at radius 3 is 2.40 bits per heavy atom. The predicted molar refractivity (Wildman–Crippen MR) is 69.8 cm³/mol. The summed E-state index contributed by atoms with van der Waals surface area (Å²) in [7, 11) is 0. The van der Waals surface area contributed by atoms with Crippen LogP contribution in [0, 0.1) is 0 Å². The van der Waals surface area contributed by atoms with Crippen molar-refractivity contribution in [3.8, 4) is 0 Å². The molecule has 2 aliphatic heterocycles. The third kappa shape index (κ3) is 2.40. The van der Waals surface area contributed by atoms with Crippen molar-refractivity contribution >= 4 is 0 Å². The van der Waals surface area contributed by atoms with Crippen LogP contribution in [0.15, 0.2) is 0 Å². The van der Waals surface area contributed by atoms with E-state index in [1.165, 1.54) is 12.8 Å². The summed E-state index contributed by atoms with van der Waals surface area (Å²) < 4.78 is 23.7. The Morgan fingerprint density at radius 2 is 1.70 bits per heavy atom. The molecule has 2 saturated carbocycles. The normalized spacial score (nSPS) is 41.5. The molecule has 4 aliphatic rings. The quantitative estimate of drug-likeness (QED) is 0.804. The second kappa shape index (κ2) is 4.92. The number of ether oxygens (including phenoxy) is 4. The van der Waals surface area contributed by atoms with Gasteiger partial charge in [-0.05, 0) is 25.7 Å². The minimum Gasteiger partial charge on any atom is -0.365 e. The topological polar surface area (TPSA) is 57.2 Å². The first-order valence-corrected chi connectivity index (χ1v) is 8.04. The molecule has 4 rings (SSSR count). The molecule has 2 aliphatic carbocycles. The van der Waals surface area contributed by atoms with Gasteiger partial charge in [-0.1, -0.05) is 0 Å². The maximum atomic E-state index is 10.2. The molecule has 2 saturated heterocycles.